The molecule has 0 aliphatic carbocycles. The van der Waals surface area contributed by atoms with Gasteiger partial charge in [-0.1, -0.05) is 47.3 Å². The number of aryl methyl sites for hydroxylation is 2. The number of aromatic nitrogens is 3. The summed E-state index contributed by atoms with van der Waals surface area (Å²) in [6, 6.07) is 11.3. The maximum Gasteiger partial charge on any atom is 0.260 e. The van der Waals surface area contributed by atoms with E-state index in [1.807, 2.05) is 26.0 Å². The Labute approximate surface area is 232 Å². The van der Waals surface area contributed by atoms with Crippen molar-refractivity contribution in [3.05, 3.63) is 81.0 Å². The van der Waals surface area contributed by atoms with E-state index in [0.29, 0.717) is 40.7 Å². The molecule has 8 nitrogen and oxygen atoms in total. The zero-order valence-electron chi connectivity index (χ0n) is 22.4. The number of aromatic amines is 1. The number of pyridine rings is 1. The van der Waals surface area contributed by atoms with E-state index in [0.717, 1.165) is 36.1 Å². The molecule has 1 fully saturated rings. The Bertz CT molecular complexity index is 1550. The van der Waals surface area contributed by atoms with Crippen LogP contribution in [0.3, 0.4) is 0 Å². The van der Waals surface area contributed by atoms with E-state index < -0.39 is 5.91 Å². The summed E-state index contributed by atoms with van der Waals surface area (Å²) in [4.78, 5) is 39.9. The third-order valence-corrected chi connectivity index (χ3v) is 7.56. The van der Waals surface area contributed by atoms with Crippen LogP contribution in [0.4, 0.5) is 5.82 Å². The minimum Gasteiger partial charge on any atom is -0.492 e. The quantitative estimate of drug-likeness (QED) is 0.306. The van der Waals surface area contributed by atoms with Gasteiger partial charge in [-0.05, 0) is 70.5 Å². The highest BCUT2D eigenvalue weighted by atomic mass is 35.5. The van der Waals surface area contributed by atoms with Crippen LogP contribution >= 0.6 is 11.6 Å². The summed E-state index contributed by atoms with van der Waals surface area (Å²) in [6.45, 7) is 5.52. The number of likely N-dealkylation sites (tertiary alicyclic amines) is 1. The Balaban J connectivity index is 1.60. The molecule has 0 radical (unpaired) electrons. The van der Waals surface area contributed by atoms with Crippen molar-refractivity contribution in [2.24, 2.45) is 0 Å². The molecule has 1 atom stereocenters. The molecule has 39 heavy (non-hydrogen) atoms. The standard InChI is InChI=1S/C30H32ClN5O3/c1-18-12-19(2)14-20(13-18)27-28(39-11-8-21-6-4-5-10-36(21)3)23-15-22(24(31)16-25(23)34-30(27)38)29(37)35-26-7-9-32-17-33-26/h7,9,12-17,21H,4-6,8,10-11H2,1-3H3,(H,34,38)(H,32,33,35,37)/t21-/m0/s1. The number of halogens is 1. The number of benzene rings is 2. The van der Waals surface area contributed by atoms with Crippen molar-refractivity contribution in [3.63, 3.8) is 0 Å². The lowest BCUT2D eigenvalue weighted by Crippen LogP contribution is -2.37. The van der Waals surface area contributed by atoms with Crippen molar-refractivity contribution in [2.45, 2.75) is 45.6 Å². The molecular weight excluding hydrogens is 514 g/mol. The Morgan fingerprint density at radius 1 is 1.18 bits per heavy atom. The number of rotatable bonds is 7. The molecule has 1 amide bonds. The summed E-state index contributed by atoms with van der Waals surface area (Å²) >= 11 is 6.53. The fraction of sp³-hybridized carbons (Fsp3) is 0.333. The van der Waals surface area contributed by atoms with Crippen molar-refractivity contribution in [2.75, 3.05) is 25.5 Å². The lowest BCUT2D eigenvalue weighted by atomic mass is 9.98. The molecular formula is C30H32ClN5O3. The highest BCUT2D eigenvalue weighted by Gasteiger charge is 2.23. The van der Waals surface area contributed by atoms with Crippen LogP contribution in [0.5, 0.6) is 5.75 Å². The van der Waals surface area contributed by atoms with E-state index >= 15 is 0 Å². The number of carbonyl (C=O) groups excluding carboxylic acids is 1. The Morgan fingerprint density at radius 3 is 2.69 bits per heavy atom. The predicted octanol–water partition coefficient (Wildman–Crippen LogP) is 5.76. The molecule has 0 spiro atoms. The number of H-pyrrole nitrogens is 1. The first-order chi connectivity index (χ1) is 18.8. The number of carbonyl (C=O) groups is 1. The van der Waals surface area contributed by atoms with Gasteiger partial charge < -0.3 is 19.9 Å². The second kappa shape index (κ2) is 11.6. The molecule has 1 saturated heterocycles. The van der Waals surface area contributed by atoms with Gasteiger partial charge in [0.2, 0.25) is 0 Å². The van der Waals surface area contributed by atoms with Gasteiger partial charge in [-0.15, -0.1) is 0 Å². The van der Waals surface area contributed by atoms with Gasteiger partial charge in [-0.2, -0.15) is 0 Å². The first kappa shape index (κ1) is 26.8. The first-order valence-electron chi connectivity index (χ1n) is 13.2. The van der Waals surface area contributed by atoms with Crippen LogP contribution in [-0.4, -0.2) is 52.0 Å². The Morgan fingerprint density at radius 2 is 1.97 bits per heavy atom. The average molecular weight is 546 g/mol. The minimum atomic E-state index is -0.422. The van der Waals surface area contributed by atoms with Crippen LogP contribution in [-0.2, 0) is 0 Å². The third kappa shape index (κ3) is 5.97. The molecule has 1 aliphatic rings. The van der Waals surface area contributed by atoms with Gasteiger partial charge in [0, 0.05) is 17.6 Å². The van der Waals surface area contributed by atoms with Crippen LogP contribution in [0.1, 0.15) is 47.2 Å². The Hall–Kier alpha value is -3.75. The minimum absolute atomic E-state index is 0.207. The highest BCUT2D eigenvalue weighted by Crippen LogP contribution is 2.37. The number of ether oxygens (including phenoxy) is 1. The number of amides is 1. The van der Waals surface area contributed by atoms with Crippen molar-refractivity contribution in [1.29, 1.82) is 0 Å². The second-order valence-electron chi connectivity index (χ2n) is 10.2. The van der Waals surface area contributed by atoms with Crippen LogP contribution in [0, 0.1) is 13.8 Å². The molecule has 3 heterocycles. The monoisotopic (exact) mass is 545 g/mol. The molecule has 0 saturated carbocycles. The predicted molar refractivity (Wildman–Crippen MR) is 155 cm³/mol. The van der Waals surface area contributed by atoms with E-state index in [9.17, 15) is 9.59 Å². The van der Waals surface area contributed by atoms with Crippen molar-refractivity contribution < 1.29 is 9.53 Å². The molecule has 2 N–H and O–H groups in total. The van der Waals surface area contributed by atoms with Gasteiger partial charge in [-0.25, -0.2) is 9.97 Å². The summed E-state index contributed by atoms with van der Waals surface area (Å²) in [5.41, 5.74) is 3.77. The van der Waals surface area contributed by atoms with E-state index in [2.05, 4.69) is 38.3 Å². The van der Waals surface area contributed by atoms with Gasteiger partial charge in [0.1, 0.15) is 17.9 Å². The molecule has 0 bridgehead atoms. The largest absolute Gasteiger partial charge is 0.492 e. The summed E-state index contributed by atoms with van der Waals surface area (Å²) in [5.74, 6) is 0.385. The van der Waals surface area contributed by atoms with Gasteiger partial charge >= 0.3 is 0 Å². The van der Waals surface area contributed by atoms with Gasteiger partial charge in [-0.3, -0.25) is 9.59 Å². The zero-order valence-corrected chi connectivity index (χ0v) is 23.1. The summed E-state index contributed by atoms with van der Waals surface area (Å²) in [5, 5.41) is 3.57. The lowest BCUT2D eigenvalue weighted by molar-refractivity contribution is 0.102. The number of anilines is 1. The van der Waals surface area contributed by atoms with Gasteiger partial charge in [0.25, 0.3) is 11.5 Å². The summed E-state index contributed by atoms with van der Waals surface area (Å²) in [7, 11) is 2.15. The van der Waals surface area contributed by atoms with Gasteiger partial charge in [0.05, 0.1) is 28.3 Å². The van der Waals surface area contributed by atoms with E-state index in [4.69, 9.17) is 16.3 Å². The number of nitrogens with one attached hydrogen (secondary N) is 2. The number of piperidine rings is 1. The number of nitrogens with zero attached hydrogens (tertiary/aromatic N) is 3. The van der Waals surface area contributed by atoms with Crippen molar-refractivity contribution in [1.82, 2.24) is 19.9 Å². The molecule has 0 unspecified atom stereocenters. The fourth-order valence-electron chi connectivity index (χ4n) is 5.35. The highest BCUT2D eigenvalue weighted by molar-refractivity contribution is 6.35. The van der Waals surface area contributed by atoms with Crippen molar-refractivity contribution >= 4 is 34.2 Å². The van der Waals surface area contributed by atoms with E-state index in [-0.39, 0.29) is 16.1 Å². The van der Waals surface area contributed by atoms with Gasteiger partial charge in [0.15, 0.2) is 0 Å². The number of fused-ring (bicyclic) bond motifs is 1. The molecule has 4 aromatic rings. The molecule has 2 aromatic heterocycles. The van der Waals surface area contributed by atoms with Crippen LogP contribution in [0.25, 0.3) is 22.0 Å². The molecule has 2 aromatic carbocycles. The smallest absolute Gasteiger partial charge is 0.260 e. The second-order valence-corrected chi connectivity index (χ2v) is 10.6. The topological polar surface area (TPSA) is 100 Å². The number of hydrogen-bond acceptors (Lipinski definition) is 6. The van der Waals surface area contributed by atoms with E-state index in [1.165, 1.54) is 19.2 Å². The summed E-state index contributed by atoms with van der Waals surface area (Å²) < 4.78 is 6.47. The lowest BCUT2D eigenvalue weighted by Gasteiger charge is -2.32. The molecule has 1 aliphatic heterocycles. The fourth-order valence-corrected chi connectivity index (χ4v) is 5.60. The van der Waals surface area contributed by atoms with Crippen LogP contribution < -0.4 is 15.6 Å². The number of hydrogen-bond donors (Lipinski definition) is 2. The molecule has 5 rings (SSSR count). The van der Waals surface area contributed by atoms with Crippen LogP contribution in [0.15, 0.2) is 53.7 Å². The molecule has 202 valence electrons. The van der Waals surface area contributed by atoms with Crippen molar-refractivity contribution in [3.8, 4) is 16.9 Å². The average Bonchev–Trinajstić information content (AvgIpc) is 2.89. The van der Waals surface area contributed by atoms with E-state index in [1.54, 1.807) is 24.4 Å². The summed E-state index contributed by atoms with van der Waals surface area (Å²) in [6.07, 6.45) is 7.29. The first-order valence-corrected chi connectivity index (χ1v) is 13.6. The Kier molecular flexibility index (Phi) is 7.95. The SMILES string of the molecule is Cc1cc(C)cc(-c2c(OCC[C@@H]3CCCCN3C)c3cc(C(=O)Nc4ccncn4)c(Cl)cc3[nH]c2=O)c1. The third-order valence-electron chi connectivity index (χ3n) is 7.25. The maximum absolute atomic E-state index is 13.5. The maximum atomic E-state index is 13.5. The molecule has 9 heteroatoms. The van der Waals surface area contributed by atoms with Crippen LogP contribution in [0.2, 0.25) is 5.02 Å². The zero-order chi connectivity index (χ0) is 27.5. The normalized spacial score (nSPS) is 15.8.